The molecule has 0 radical (unpaired) electrons. The first-order chi connectivity index (χ1) is 12.9. The summed E-state index contributed by atoms with van der Waals surface area (Å²) < 4.78 is 5.42. The third-order valence-electron chi connectivity index (χ3n) is 4.57. The van der Waals surface area contributed by atoms with E-state index in [1.54, 1.807) is 30.0 Å². The van der Waals surface area contributed by atoms with Crippen LogP contribution in [-0.2, 0) is 6.54 Å². The van der Waals surface area contributed by atoms with Crippen LogP contribution < -0.4 is 9.64 Å². The summed E-state index contributed by atoms with van der Waals surface area (Å²) >= 11 is 6.33. The number of anilines is 1. The molecule has 27 heavy (non-hydrogen) atoms. The molecule has 2 aromatic rings. The summed E-state index contributed by atoms with van der Waals surface area (Å²) in [7, 11) is 0. The molecule has 0 bridgehead atoms. The number of amides is 2. The van der Waals surface area contributed by atoms with Crippen LogP contribution in [0.3, 0.4) is 0 Å². The van der Waals surface area contributed by atoms with E-state index in [1.165, 1.54) is 4.90 Å². The summed E-state index contributed by atoms with van der Waals surface area (Å²) in [6, 6.07) is 11.9. The highest BCUT2D eigenvalue weighted by atomic mass is 35.5. The Bertz CT molecular complexity index is 871. The highest BCUT2D eigenvalue weighted by Gasteiger charge is 2.32. The molecule has 0 spiro atoms. The van der Waals surface area contributed by atoms with Gasteiger partial charge in [0.25, 0.3) is 5.91 Å². The number of nitrogens with zero attached hydrogens (tertiary/aromatic N) is 2. The highest BCUT2D eigenvalue weighted by molar-refractivity contribution is 6.34. The molecular formula is C20H21ClN2O4. The Morgan fingerprint density at radius 3 is 2.67 bits per heavy atom. The van der Waals surface area contributed by atoms with Crippen molar-refractivity contribution in [3.8, 4) is 5.75 Å². The van der Waals surface area contributed by atoms with Gasteiger partial charge in [0.05, 0.1) is 29.8 Å². The van der Waals surface area contributed by atoms with Crippen LogP contribution in [0.5, 0.6) is 5.75 Å². The third-order valence-corrected chi connectivity index (χ3v) is 4.89. The normalized spacial score (nSPS) is 16.5. The lowest BCUT2D eigenvalue weighted by atomic mass is 10.1. The zero-order chi connectivity index (χ0) is 19.6. The summed E-state index contributed by atoms with van der Waals surface area (Å²) in [6.07, 6.45) is -1.01. The Kier molecular flexibility index (Phi) is 5.56. The van der Waals surface area contributed by atoms with Gasteiger partial charge in [0.2, 0.25) is 0 Å². The highest BCUT2D eigenvalue weighted by Crippen LogP contribution is 2.31. The van der Waals surface area contributed by atoms with Gasteiger partial charge in [-0.05, 0) is 43.7 Å². The van der Waals surface area contributed by atoms with Gasteiger partial charge in [-0.25, -0.2) is 4.79 Å². The van der Waals surface area contributed by atoms with E-state index in [2.05, 4.69) is 0 Å². The van der Waals surface area contributed by atoms with E-state index in [0.717, 1.165) is 5.56 Å². The minimum atomic E-state index is -1.01. The number of carboxylic acid groups (broad SMARTS) is 1. The SMILES string of the molecule is CCOc1ccc(C(=O)N2C[C@@H](C)N(C(=O)O)Cc3ccccc32)c(Cl)c1. The molecule has 0 fully saturated rings. The molecule has 2 amide bonds. The Morgan fingerprint density at radius 2 is 2.00 bits per heavy atom. The molecule has 1 aliphatic heterocycles. The summed E-state index contributed by atoms with van der Waals surface area (Å²) in [5, 5.41) is 9.82. The number of hydrogen-bond acceptors (Lipinski definition) is 3. The van der Waals surface area contributed by atoms with Crippen molar-refractivity contribution in [1.82, 2.24) is 4.90 Å². The van der Waals surface area contributed by atoms with E-state index in [0.29, 0.717) is 28.6 Å². The minimum Gasteiger partial charge on any atom is -0.494 e. The minimum absolute atomic E-state index is 0.230. The van der Waals surface area contributed by atoms with Crippen molar-refractivity contribution in [2.75, 3.05) is 18.1 Å². The topological polar surface area (TPSA) is 70.1 Å². The fraction of sp³-hybridized carbons (Fsp3) is 0.300. The molecule has 0 saturated heterocycles. The van der Waals surface area contributed by atoms with E-state index in [4.69, 9.17) is 16.3 Å². The van der Waals surface area contributed by atoms with Gasteiger partial charge in [-0.3, -0.25) is 9.69 Å². The van der Waals surface area contributed by atoms with Crippen molar-refractivity contribution < 1.29 is 19.4 Å². The lowest BCUT2D eigenvalue weighted by Crippen LogP contribution is -2.44. The van der Waals surface area contributed by atoms with Gasteiger partial charge in [0.1, 0.15) is 5.75 Å². The molecule has 2 aromatic carbocycles. The number of carbonyl (C=O) groups is 2. The molecule has 0 unspecified atom stereocenters. The summed E-state index contributed by atoms with van der Waals surface area (Å²) in [5.74, 6) is 0.329. The molecule has 3 rings (SSSR count). The van der Waals surface area contributed by atoms with Crippen LogP contribution >= 0.6 is 11.6 Å². The summed E-state index contributed by atoms with van der Waals surface area (Å²) in [4.78, 5) is 27.8. The number of hydrogen-bond donors (Lipinski definition) is 1. The summed E-state index contributed by atoms with van der Waals surface area (Å²) in [5.41, 5.74) is 1.83. The average molecular weight is 389 g/mol. The van der Waals surface area contributed by atoms with Gasteiger partial charge in [-0.1, -0.05) is 29.8 Å². The van der Waals surface area contributed by atoms with Gasteiger partial charge in [0.15, 0.2) is 0 Å². The van der Waals surface area contributed by atoms with Crippen molar-refractivity contribution in [2.45, 2.75) is 26.4 Å². The molecule has 1 atom stereocenters. The fourth-order valence-electron chi connectivity index (χ4n) is 3.23. The Hall–Kier alpha value is -2.73. The Balaban J connectivity index is 2.00. The third kappa shape index (κ3) is 3.85. The Labute approximate surface area is 162 Å². The number of para-hydroxylation sites is 1. The molecule has 1 N–H and O–H groups in total. The molecule has 0 aromatic heterocycles. The van der Waals surface area contributed by atoms with Gasteiger partial charge in [-0.15, -0.1) is 0 Å². The van der Waals surface area contributed by atoms with Crippen molar-refractivity contribution >= 4 is 29.3 Å². The first-order valence-electron chi connectivity index (χ1n) is 8.74. The first kappa shape index (κ1) is 19.0. The number of halogens is 1. The van der Waals surface area contributed by atoms with Crippen molar-refractivity contribution in [3.63, 3.8) is 0 Å². The average Bonchev–Trinajstić information content (AvgIpc) is 2.78. The fourth-order valence-corrected chi connectivity index (χ4v) is 3.48. The van der Waals surface area contributed by atoms with E-state index >= 15 is 0 Å². The van der Waals surface area contributed by atoms with Crippen molar-refractivity contribution in [3.05, 3.63) is 58.6 Å². The monoisotopic (exact) mass is 388 g/mol. The van der Waals surface area contributed by atoms with Crippen LogP contribution in [0.2, 0.25) is 5.02 Å². The number of benzene rings is 2. The maximum Gasteiger partial charge on any atom is 0.407 e. The standard InChI is InChI=1S/C20H21ClN2O4/c1-3-27-15-8-9-16(17(21)10-15)19(24)23-11-13(2)22(20(25)26)12-14-6-4-5-7-18(14)23/h4-10,13H,3,11-12H2,1-2H3,(H,25,26)/t13-/m1/s1. The smallest absolute Gasteiger partial charge is 0.407 e. The molecule has 1 aliphatic rings. The Morgan fingerprint density at radius 1 is 1.26 bits per heavy atom. The van der Waals surface area contributed by atoms with E-state index in [-0.39, 0.29) is 25.0 Å². The maximum atomic E-state index is 13.3. The van der Waals surface area contributed by atoms with Crippen LogP contribution in [0.15, 0.2) is 42.5 Å². The summed E-state index contributed by atoms with van der Waals surface area (Å²) in [6.45, 7) is 4.64. The van der Waals surface area contributed by atoms with Crippen LogP contribution in [-0.4, -0.2) is 41.2 Å². The molecule has 1 heterocycles. The zero-order valence-corrected chi connectivity index (χ0v) is 15.9. The predicted octanol–water partition coefficient (Wildman–Crippen LogP) is 4.27. The van der Waals surface area contributed by atoms with Crippen molar-refractivity contribution in [1.29, 1.82) is 0 Å². The van der Waals surface area contributed by atoms with E-state index in [1.807, 2.05) is 31.2 Å². The first-order valence-corrected chi connectivity index (χ1v) is 9.11. The van der Waals surface area contributed by atoms with Gasteiger partial charge < -0.3 is 14.7 Å². The lowest BCUT2D eigenvalue weighted by molar-refractivity contribution is 0.0970. The molecule has 142 valence electrons. The zero-order valence-electron chi connectivity index (χ0n) is 15.2. The molecule has 0 aliphatic carbocycles. The molecular weight excluding hydrogens is 368 g/mol. The maximum absolute atomic E-state index is 13.3. The van der Waals surface area contributed by atoms with E-state index in [9.17, 15) is 14.7 Å². The van der Waals surface area contributed by atoms with Crippen LogP contribution in [0.4, 0.5) is 10.5 Å². The van der Waals surface area contributed by atoms with Gasteiger partial charge in [-0.2, -0.15) is 0 Å². The van der Waals surface area contributed by atoms with Crippen LogP contribution in [0.1, 0.15) is 29.8 Å². The van der Waals surface area contributed by atoms with Crippen LogP contribution in [0.25, 0.3) is 0 Å². The van der Waals surface area contributed by atoms with Gasteiger partial charge >= 0.3 is 6.09 Å². The number of carbonyl (C=O) groups excluding carboxylic acids is 1. The second kappa shape index (κ2) is 7.88. The predicted molar refractivity (Wildman–Crippen MR) is 104 cm³/mol. The molecule has 0 saturated carbocycles. The number of ether oxygens (including phenoxy) is 1. The largest absolute Gasteiger partial charge is 0.494 e. The molecule has 6 nitrogen and oxygen atoms in total. The van der Waals surface area contributed by atoms with Crippen molar-refractivity contribution in [2.24, 2.45) is 0 Å². The lowest BCUT2D eigenvalue weighted by Gasteiger charge is -2.27. The quantitative estimate of drug-likeness (QED) is 0.852. The molecule has 7 heteroatoms. The number of rotatable bonds is 3. The van der Waals surface area contributed by atoms with Crippen LogP contribution in [0, 0.1) is 0 Å². The second-order valence-electron chi connectivity index (χ2n) is 6.38. The second-order valence-corrected chi connectivity index (χ2v) is 6.79. The van der Waals surface area contributed by atoms with E-state index < -0.39 is 6.09 Å². The number of fused-ring (bicyclic) bond motifs is 1. The van der Waals surface area contributed by atoms with Gasteiger partial charge in [0, 0.05) is 12.2 Å².